The third kappa shape index (κ3) is 4.25. The minimum atomic E-state index is -4.45. The van der Waals surface area contributed by atoms with E-state index in [4.69, 9.17) is 21.6 Å². The summed E-state index contributed by atoms with van der Waals surface area (Å²) < 4.78 is 37.4. The molecule has 0 unspecified atom stereocenters. The van der Waals surface area contributed by atoms with Crippen molar-refractivity contribution in [3.05, 3.63) is 58.6 Å². The Labute approximate surface area is 134 Å². The molecule has 4 nitrogen and oxygen atoms in total. The number of halogens is 4. The highest BCUT2D eigenvalue weighted by Gasteiger charge is 2.30. The first-order valence-corrected chi connectivity index (χ1v) is 6.70. The molecule has 0 saturated carbocycles. The van der Waals surface area contributed by atoms with Gasteiger partial charge in [0.05, 0.1) is 5.56 Å². The molecule has 0 radical (unpaired) electrons. The molecule has 0 atom stereocenters. The fraction of sp³-hybridized carbons (Fsp3) is 0.0714. The highest BCUT2D eigenvalue weighted by Crippen LogP contribution is 2.29. The van der Waals surface area contributed by atoms with Crippen molar-refractivity contribution in [2.45, 2.75) is 6.18 Å². The number of carbonyl (C=O) groups excluding carboxylic acids is 1. The van der Waals surface area contributed by atoms with Crippen LogP contribution in [0.25, 0.3) is 0 Å². The third-order valence-electron chi connectivity index (χ3n) is 3.01. The fourth-order valence-electron chi connectivity index (χ4n) is 1.82. The van der Waals surface area contributed by atoms with Gasteiger partial charge in [-0.25, -0.2) is 0 Å². The molecule has 0 aliphatic rings. The van der Waals surface area contributed by atoms with Crippen LogP contribution in [0.4, 0.5) is 18.9 Å². The average molecular weight is 343 g/mol. The molecule has 9 heteroatoms. The summed E-state index contributed by atoms with van der Waals surface area (Å²) in [4.78, 5) is 12.0. The van der Waals surface area contributed by atoms with Gasteiger partial charge in [-0.1, -0.05) is 17.7 Å². The van der Waals surface area contributed by atoms with Gasteiger partial charge in [0.25, 0.3) is 5.91 Å². The van der Waals surface area contributed by atoms with E-state index in [9.17, 15) is 18.0 Å². The quantitative estimate of drug-likeness (QED) is 0.749. The molecular formula is C14H10BClF3NO3. The maximum atomic E-state index is 12.5. The van der Waals surface area contributed by atoms with Crippen molar-refractivity contribution in [2.75, 3.05) is 5.32 Å². The Hall–Kier alpha value is -2.03. The lowest BCUT2D eigenvalue weighted by Crippen LogP contribution is -2.31. The molecule has 1 amide bonds. The van der Waals surface area contributed by atoms with Gasteiger partial charge in [0.15, 0.2) is 0 Å². The summed E-state index contributed by atoms with van der Waals surface area (Å²) in [7, 11) is -1.77. The summed E-state index contributed by atoms with van der Waals surface area (Å²) in [6.45, 7) is 0. The number of amides is 1. The Morgan fingerprint density at radius 3 is 2.17 bits per heavy atom. The molecular weight excluding hydrogens is 333 g/mol. The molecule has 23 heavy (non-hydrogen) atoms. The summed E-state index contributed by atoms with van der Waals surface area (Å²) in [5.74, 6) is -0.592. The van der Waals surface area contributed by atoms with Gasteiger partial charge < -0.3 is 15.4 Å². The number of hydrogen-bond donors (Lipinski definition) is 3. The summed E-state index contributed by atoms with van der Waals surface area (Å²) >= 11 is 5.82. The van der Waals surface area contributed by atoms with Crippen LogP contribution in [-0.4, -0.2) is 23.1 Å². The average Bonchev–Trinajstić information content (AvgIpc) is 2.46. The van der Waals surface area contributed by atoms with Gasteiger partial charge in [0.1, 0.15) is 0 Å². The van der Waals surface area contributed by atoms with Crippen LogP contribution in [0.3, 0.4) is 0 Å². The van der Waals surface area contributed by atoms with E-state index in [1.165, 1.54) is 18.2 Å². The van der Waals surface area contributed by atoms with E-state index >= 15 is 0 Å². The second-order valence-electron chi connectivity index (χ2n) is 4.64. The number of anilines is 1. The van der Waals surface area contributed by atoms with E-state index < -0.39 is 24.8 Å². The number of hydrogen-bond acceptors (Lipinski definition) is 3. The topological polar surface area (TPSA) is 69.6 Å². The monoisotopic (exact) mass is 343 g/mol. The molecule has 0 aliphatic heterocycles. The predicted molar refractivity (Wildman–Crippen MR) is 80.7 cm³/mol. The van der Waals surface area contributed by atoms with Crippen molar-refractivity contribution >= 4 is 35.8 Å². The molecule has 0 saturated heterocycles. The largest absolute Gasteiger partial charge is 0.489 e. The molecule has 0 aliphatic carbocycles. The lowest BCUT2D eigenvalue weighted by atomic mass is 9.80. The first-order valence-electron chi connectivity index (χ1n) is 6.32. The lowest BCUT2D eigenvalue weighted by molar-refractivity contribution is -0.137. The van der Waals surface area contributed by atoms with E-state index in [2.05, 4.69) is 5.32 Å². The van der Waals surface area contributed by atoms with Crippen LogP contribution in [-0.2, 0) is 6.18 Å². The molecule has 0 aromatic heterocycles. The summed E-state index contributed by atoms with van der Waals surface area (Å²) in [5, 5.41) is 20.5. The molecule has 0 bridgehead atoms. The third-order valence-corrected chi connectivity index (χ3v) is 3.34. The van der Waals surface area contributed by atoms with E-state index in [0.717, 1.165) is 24.3 Å². The van der Waals surface area contributed by atoms with Crippen LogP contribution in [0.15, 0.2) is 42.5 Å². The Morgan fingerprint density at radius 2 is 1.70 bits per heavy atom. The second kappa shape index (κ2) is 6.61. The second-order valence-corrected chi connectivity index (χ2v) is 5.05. The summed E-state index contributed by atoms with van der Waals surface area (Å²) in [6, 6.07) is 7.80. The summed E-state index contributed by atoms with van der Waals surface area (Å²) in [5.41, 5.74) is -0.470. The maximum absolute atomic E-state index is 12.5. The molecule has 120 valence electrons. The number of alkyl halides is 3. The molecule has 0 fully saturated rings. The van der Waals surface area contributed by atoms with E-state index in [1.807, 2.05) is 0 Å². The van der Waals surface area contributed by atoms with Gasteiger partial charge in [0.2, 0.25) is 0 Å². The molecule has 3 N–H and O–H groups in total. The van der Waals surface area contributed by atoms with Crippen LogP contribution in [0.2, 0.25) is 5.02 Å². The van der Waals surface area contributed by atoms with Crippen molar-refractivity contribution in [1.82, 2.24) is 0 Å². The minimum absolute atomic E-state index is 0.0138. The fourth-order valence-corrected chi connectivity index (χ4v) is 2.10. The van der Waals surface area contributed by atoms with Gasteiger partial charge >= 0.3 is 13.3 Å². The first kappa shape index (κ1) is 17.3. The predicted octanol–water partition coefficient (Wildman–Crippen LogP) is 2.29. The zero-order valence-electron chi connectivity index (χ0n) is 11.4. The first-order chi connectivity index (χ1) is 10.7. The van der Waals surface area contributed by atoms with Crippen molar-refractivity contribution < 1.29 is 28.0 Å². The zero-order chi connectivity index (χ0) is 17.2. The van der Waals surface area contributed by atoms with E-state index in [-0.39, 0.29) is 21.7 Å². The number of rotatable bonds is 3. The number of carbonyl (C=O) groups is 1. The highest BCUT2D eigenvalue weighted by molar-refractivity contribution is 6.62. The molecule has 2 aromatic rings. The Morgan fingerprint density at radius 1 is 1.09 bits per heavy atom. The molecule has 0 spiro atoms. The SMILES string of the molecule is O=C(Nc1ccc(C(F)(F)F)cc1)c1ccc(B(O)O)c(Cl)c1. The normalized spacial score (nSPS) is 11.2. The van der Waals surface area contributed by atoms with Crippen molar-refractivity contribution in [2.24, 2.45) is 0 Å². The molecule has 0 heterocycles. The number of nitrogens with one attached hydrogen (secondary N) is 1. The molecule has 2 aromatic carbocycles. The van der Waals surface area contributed by atoms with Crippen molar-refractivity contribution in [1.29, 1.82) is 0 Å². The van der Waals surface area contributed by atoms with Crippen LogP contribution < -0.4 is 10.8 Å². The van der Waals surface area contributed by atoms with Crippen molar-refractivity contribution in [3.8, 4) is 0 Å². The molecule has 2 rings (SSSR count). The van der Waals surface area contributed by atoms with Gasteiger partial charge in [-0.05, 0) is 36.4 Å². The highest BCUT2D eigenvalue weighted by atomic mass is 35.5. The summed E-state index contributed by atoms with van der Waals surface area (Å²) in [6.07, 6.45) is -4.45. The van der Waals surface area contributed by atoms with E-state index in [0.29, 0.717) is 0 Å². The Bertz CT molecular complexity index is 720. The van der Waals surface area contributed by atoms with Gasteiger partial charge in [0, 0.05) is 21.7 Å². The smallest absolute Gasteiger partial charge is 0.423 e. The van der Waals surface area contributed by atoms with Gasteiger partial charge in [-0.3, -0.25) is 4.79 Å². The van der Waals surface area contributed by atoms with Crippen LogP contribution >= 0.6 is 11.6 Å². The maximum Gasteiger partial charge on any atom is 0.489 e. The lowest BCUT2D eigenvalue weighted by Gasteiger charge is -2.10. The standard InChI is InChI=1S/C14H10BClF3NO3/c16-12-7-8(1-6-11(12)15(22)23)13(21)20-10-4-2-9(3-5-10)14(17,18)19/h1-7,22-23H,(H,20,21). The van der Waals surface area contributed by atoms with Gasteiger partial charge in [-0.15, -0.1) is 0 Å². The van der Waals surface area contributed by atoms with Crippen molar-refractivity contribution in [3.63, 3.8) is 0 Å². The van der Waals surface area contributed by atoms with Crippen LogP contribution in [0, 0.1) is 0 Å². The number of benzene rings is 2. The van der Waals surface area contributed by atoms with E-state index in [1.54, 1.807) is 0 Å². The zero-order valence-corrected chi connectivity index (χ0v) is 12.2. The Balaban J connectivity index is 2.14. The van der Waals surface area contributed by atoms with Crippen LogP contribution in [0.5, 0.6) is 0 Å². The van der Waals surface area contributed by atoms with Crippen LogP contribution in [0.1, 0.15) is 15.9 Å². The minimum Gasteiger partial charge on any atom is -0.423 e. The Kier molecular flexibility index (Phi) is 4.98. The van der Waals surface area contributed by atoms with Gasteiger partial charge in [-0.2, -0.15) is 13.2 Å².